The molecule has 0 saturated heterocycles. The number of nitrogens with one attached hydrogen (secondary N) is 1. The molecule has 1 amide bonds. The lowest BCUT2D eigenvalue weighted by Gasteiger charge is -2.14. The van der Waals surface area contributed by atoms with Gasteiger partial charge in [-0.1, -0.05) is 19.9 Å². The van der Waals surface area contributed by atoms with Gasteiger partial charge in [-0.25, -0.2) is 0 Å². The van der Waals surface area contributed by atoms with Crippen LogP contribution in [0.2, 0.25) is 0 Å². The molecular formula is C12H18N2O. The van der Waals surface area contributed by atoms with Crippen LogP contribution in [-0.2, 0) is 10.3 Å². The second kappa shape index (κ2) is 4.91. The van der Waals surface area contributed by atoms with E-state index in [1.807, 2.05) is 32.0 Å². The van der Waals surface area contributed by atoms with Gasteiger partial charge in [-0.3, -0.25) is 9.78 Å². The van der Waals surface area contributed by atoms with Crippen molar-refractivity contribution in [3.05, 3.63) is 30.1 Å². The number of hydrogen-bond acceptors (Lipinski definition) is 2. The zero-order chi connectivity index (χ0) is 11.3. The summed E-state index contributed by atoms with van der Waals surface area (Å²) in [4.78, 5) is 15.2. The lowest BCUT2D eigenvalue weighted by Crippen LogP contribution is -2.33. The molecule has 1 heterocycles. The molecule has 0 aliphatic heterocycles. The van der Waals surface area contributed by atoms with Gasteiger partial charge < -0.3 is 5.32 Å². The van der Waals surface area contributed by atoms with Gasteiger partial charge in [0.15, 0.2) is 0 Å². The van der Waals surface area contributed by atoms with Crippen molar-refractivity contribution < 1.29 is 4.79 Å². The van der Waals surface area contributed by atoms with E-state index in [0.29, 0.717) is 0 Å². The SMILES string of the molecule is CC.CC(=O)NC1(c2ccccn2)CC1. The van der Waals surface area contributed by atoms with Gasteiger partial charge in [0.1, 0.15) is 0 Å². The molecule has 1 saturated carbocycles. The lowest BCUT2D eigenvalue weighted by atomic mass is 10.1. The molecule has 1 fully saturated rings. The van der Waals surface area contributed by atoms with Gasteiger partial charge in [-0.05, 0) is 25.0 Å². The van der Waals surface area contributed by atoms with E-state index in [0.717, 1.165) is 18.5 Å². The largest absolute Gasteiger partial charge is 0.345 e. The van der Waals surface area contributed by atoms with Crippen LogP contribution in [0.15, 0.2) is 24.4 Å². The maximum Gasteiger partial charge on any atom is 0.217 e. The molecular weight excluding hydrogens is 188 g/mol. The zero-order valence-corrected chi connectivity index (χ0v) is 9.58. The maximum absolute atomic E-state index is 10.9. The standard InChI is InChI=1S/C10H12N2O.C2H6/c1-8(13)12-10(5-6-10)9-4-2-3-7-11-9;1-2/h2-4,7H,5-6H2,1H3,(H,12,13);1-2H3. The van der Waals surface area contributed by atoms with Crippen LogP contribution in [0.3, 0.4) is 0 Å². The fourth-order valence-corrected chi connectivity index (χ4v) is 1.55. The van der Waals surface area contributed by atoms with Crippen LogP contribution in [0.1, 0.15) is 39.3 Å². The molecule has 0 bridgehead atoms. The zero-order valence-electron chi connectivity index (χ0n) is 9.58. The van der Waals surface area contributed by atoms with Crippen molar-refractivity contribution in [1.82, 2.24) is 10.3 Å². The maximum atomic E-state index is 10.9. The second-order valence-electron chi connectivity index (χ2n) is 3.48. The van der Waals surface area contributed by atoms with Crippen molar-refractivity contribution in [3.8, 4) is 0 Å². The highest BCUT2D eigenvalue weighted by Gasteiger charge is 2.46. The summed E-state index contributed by atoms with van der Waals surface area (Å²) < 4.78 is 0. The molecule has 1 N–H and O–H groups in total. The third kappa shape index (κ3) is 2.78. The number of rotatable bonds is 2. The molecule has 0 spiro atoms. The van der Waals surface area contributed by atoms with Crippen LogP contribution in [-0.4, -0.2) is 10.9 Å². The van der Waals surface area contributed by atoms with Crippen molar-refractivity contribution in [2.24, 2.45) is 0 Å². The number of aromatic nitrogens is 1. The van der Waals surface area contributed by atoms with E-state index in [9.17, 15) is 4.79 Å². The molecule has 1 aromatic heterocycles. The average Bonchev–Trinajstić information content (AvgIpc) is 3.02. The Morgan fingerprint density at radius 3 is 2.47 bits per heavy atom. The summed E-state index contributed by atoms with van der Waals surface area (Å²) in [6, 6.07) is 5.79. The molecule has 15 heavy (non-hydrogen) atoms. The quantitative estimate of drug-likeness (QED) is 0.806. The minimum atomic E-state index is -0.146. The summed E-state index contributed by atoms with van der Waals surface area (Å²) in [5.41, 5.74) is 0.831. The Kier molecular flexibility index (Phi) is 3.83. The van der Waals surface area contributed by atoms with Crippen LogP contribution < -0.4 is 5.32 Å². The van der Waals surface area contributed by atoms with Crippen molar-refractivity contribution in [2.45, 2.75) is 39.2 Å². The molecule has 2 rings (SSSR count). The summed E-state index contributed by atoms with van der Waals surface area (Å²) in [6.07, 6.45) is 3.77. The summed E-state index contributed by atoms with van der Waals surface area (Å²) in [5.74, 6) is 0.0168. The number of carbonyl (C=O) groups excluding carboxylic acids is 1. The van der Waals surface area contributed by atoms with Crippen molar-refractivity contribution in [1.29, 1.82) is 0 Å². The topological polar surface area (TPSA) is 42.0 Å². The predicted octanol–water partition coefficient (Wildman–Crippen LogP) is 2.23. The average molecular weight is 206 g/mol. The van der Waals surface area contributed by atoms with Crippen molar-refractivity contribution >= 4 is 5.91 Å². The fourth-order valence-electron chi connectivity index (χ4n) is 1.55. The van der Waals surface area contributed by atoms with E-state index in [1.54, 1.807) is 13.1 Å². The highest BCUT2D eigenvalue weighted by atomic mass is 16.1. The summed E-state index contributed by atoms with van der Waals surface area (Å²) in [7, 11) is 0. The molecule has 82 valence electrons. The molecule has 1 aliphatic carbocycles. The molecule has 0 aromatic carbocycles. The second-order valence-corrected chi connectivity index (χ2v) is 3.48. The van der Waals surface area contributed by atoms with E-state index in [4.69, 9.17) is 0 Å². The smallest absolute Gasteiger partial charge is 0.217 e. The Morgan fingerprint density at radius 2 is 2.07 bits per heavy atom. The summed E-state index contributed by atoms with van der Waals surface area (Å²) in [6.45, 7) is 5.54. The lowest BCUT2D eigenvalue weighted by molar-refractivity contribution is -0.120. The third-order valence-electron chi connectivity index (χ3n) is 2.32. The van der Waals surface area contributed by atoms with Crippen LogP contribution in [0, 0.1) is 0 Å². The first-order valence-electron chi connectivity index (χ1n) is 5.43. The van der Waals surface area contributed by atoms with E-state index < -0.39 is 0 Å². The third-order valence-corrected chi connectivity index (χ3v) is 2.32. The Hall–Kier alpha value is -1.38. The molecule has 3 heteroatoms. The van der Waals surface area contributed by atoms with Gasteiger partial charge in [0, 0.05) is 13.1 Å². The fraction of sp³-hybridized carbons (Fsp3) is 0.500. The Morgan fingerprint density at radius 1 is 1.40 bits per heavy atom. The number of hydrogen-bond donors (Lipinski definition) is 1. The van der Waals surface area contributed by atoms with Crippen LogP contribution in [0.5, 0.6) is 0 Å². The number of carbonyl (C=O) groups is 1. The van der Waals surface area contributed by atoms with Gasteiger partial charge >= 0.3 is 0 Å². The van der Waals surface area contributed by atoms with E-state index in [-0.39, 0.29) is 11.4 Å². The first-order valence-corrected chi connectivity index (χ1v) is 5.43. The highest BCUT2D eigenvalue weighted by molar-refractivity contribution is 5.74. The molecule has 1 aromatic rings. The summed E-state index contributed by atoms with van der Waals surface area (Å²) >= 11 is 0. The number of pyridine rings is 1. The Balaban J connectivity index is 0.000000531. The molecule has 1 aliphatic rings. The van der Waals surface area contributed by atoms with Crippen molar-refractivity contribution in [2.75, 3.05) is 0 Å². The minimum Gasteiger partial charge on any atom is -0.345 e. The van der Waals surface area contributed by atoms with Gasteiger partial charge in [0.2, 0.25) is 5.91 Å². The van der Waals surface area contributed by atoms with Gasteiger partial charge in [-0.2, -0.15) is 0 Å². The van der Waals surface area contributed by atoms with E-state index in [2.05, 4.69) is 10.3 Å². The molecule has 0 unspecified atom stereocenters. The minimum absolute atomic E-state index is 0.0168. The first-order chi connectivity index (χ1) is 7.23. The van der Waals surface area contributed by atoms with E-state index >= 15 is 0 Å². The first kappa shape index (κ1) is 11.7. The summed E-state index contributed by atoms with van der Waals surface area (Å²) in [5, 5.41) is 2.95. The van der Waals surface area contributed by atoms with Crippen LogP contribution in [0.4, 0.5) is 0 Å². The number of nitrogens with zero attached hydrogens (tertiary/aromatic N) is 1. The Bertz CT molecular complexity index is 318. The van der Waals surface area contributed by atoms with Gasteiger partial charge in [0.25, 0.3) is 0 Å². The predicted molar refractivity (Wildman–Crippen MR) is 60.3 cm³/mol. The van der Waals surface area contributed by atoms with E-state index in [1.165, 1.54) is 0 Å². The monoisotopic (exact) mass is 206 g/mol. The highest BCUT2D eigenvalue weighted by Crippen LogP contribution is 2.44. The van der Waals surface area contributed by atoms with Crippen LogP contribution >= 0.6 is 0 Å². The Labute approximate surface area is 90.9 Å². The van der Waals surface area contributed by atoms with Gasteiger partial charge in [-0.15, -0.1) is 0 Å². The van der Waals surface area contributed by atoms with Crippen LogP contribution in [0.25, 0.3) is 0 Å². The molecule has 0 atom stereocenters. The normalized spacial score (nSPS) is 15.9. The molecule has 3 nitrogen and oxygen atoms in total. The van der Waals surface area contributed by atoms with Gasteiger partial charge in [0.05, 0.1) is 11.2 Å². The molecule has 0 radical (unpaired) electrons. The number of amides is 1. The van der Waals surface area contributed by atoms with Crippen molar-refractivity contribution in [3.63, 3.8) is 0 Å².